The molecule has 11 aromatic rings. The van der Waals surface area contributed by atoms with Gasteiger partial charge < -0.3 is 4.57 Å². The van der Waals surface area contributed by atoms with Gasteiger partial charge in [-0.25, -0.2) is 19.9 Å². The van der Waals surface area contributed by atoms with Gasteiger partial charge >= 0.3 is 0 Å². The van der Waals surface area contributed by atoms with Gasteiger partial charge in [-0.05, 0) is 83.9 Å². The molecule has 4 heterocycles. The molecule has 0 amide bonds. The van der Waals surface area contributed by atoms with Crippen LogP contribution in [0.2, 0.25) is 0 Å². The Hall–Kier alpha value is -7.70. The van der Waals surface area contributed by atoms with Crippen molar-refractivity contribution in [3.05, 3.63) is 194 Å². The molecule has 262 valence electrons. The zero-order valence-corrected chi connectivity index (χ0v) is 30.2. The summed E-state index contributed by atoms with van der Waals surface area (Å²) in [4.78, 5) is 19.6. The number of para-hydroxylation sites is 2. The Morgan fingerprint density at radius 3 is 1.50 bits per heavy atom. The minimum absolute atomic E-state index is 0.634. The first-order valence-corrected chi connectivity index (χ1v) is 18.7. The monoisotopic (exact) mass is 716 g/mol. The Kier molecular flexibility index (Phi) is 7.38. The molecule has 0 unspecified atom stereocenters. The van der Waals surface area contributed by atoms with Crippen molar-refractivity contribution < 1.29 is 0 Å². The van der Waals surface area contributed by atoms with Crippen LogP contribution < -0.4 is 0 Å². The second kappa shape index (κ2) is 13.0. The second-order valence-corrected chi connectivity index (χ2v) is 13.9. The van der Waals surface area contributed by atoms with Crippen LogP contribution in [-0.2, 0) is 0 Å². The van der Waals surface area contributed by atoms with Crippen LogP contribution in [0.1, 0.15) is 0 Å². The number of aromatic nitrogens is 6. The van der Waals surface area contributed by atoms with E-state index in [0.29, 0.717) is 17.5 Å². The molecule has 0 fully saturated rings. The number of pyridine rings is 1. The van der Waals surface area contributed by atoms with E-state index in [1.165, 1.54) is 16.2 Å². The lowest BCUT2D eigenvalue weighted by atomic mass is 10.0. The van der Waals surface area contributed by atoms with Gasteiger partial charge in [0.05, 0.1) is 16.6 Å². The zero-order valence-electron chi connectivity index (χ0n) is 30.2. The first kappa shape index (κ1) is 31.8. The molecule has 0 aliphatic rings. The minimum Gasteiger partial charge on any atom is -0.309 e. The summed E-state index contributed by atoms with van der Waals surface area (Å²) in [5, 5.41) is 4.73. The molecule has 0 saturated carbocycles. The molecule has 0 radical (unpaired) electrons. The van der Waals surface area contributed by atoms with E-state index in [0.717, 1.165) is 66.8 Å². The predicted octanol–water partition coefficient (Wildman–Crippen LogP) is 12.1. The Balaban J connectivity index is 1.02. The van der Waals surface area contributed by atoms with Crippen LogP contribution in [0.3, 0.4) is 0 Å². The van der Waals surface area contributed by atoms with E-state index in [1.54, 1.807) is 0 Å². The van der Waals surface area contributed by atoms with Gasteiger partial charge in [-0.3, -0.25) is 4.57 Å². The highest BCUT2D eigenvalue weighted by Crippen LogP contribution is 2.38. The van der Waals surface area contributed by atoms with Gasteiger partial charge in [0, 0.05) is 55.8 Å². The summed E-state index contributed by atoms with van der Waals surface area (Å²) >= 11 is 0. The summed E-state index contributed by atoms with van der Waals surface area (Å²) < 4.78 is 4.61. The van der Waals surface area contributed by atoms with Gasteiger partial charge in [0.2, 0.25) is 0 Å². The standard InChI is InChI=1S/C50H32N6/c1-4-13-33(14-5-1)47-52-48(34-15-6-2-7-16-34)54-49(53-47)35-22-26-39(27-23-35)55-44-21-11-10-19-40(44)43-31-36(25-29-45(43)55)37-24-28-41-42-20-12-30-51-50(42)56(46(41)32-37)38-17-8-3-9-18-38/h1-32H. The molecule has 0 aliphatic carbocycles. The molecule has 7 aromatic carbocycles. The quantitative estimate of drug-likeness (QED) is 0.172. The van der Waals surface area contributed by atoms with E-state index in [9.17, 15) is 0 Å². The molecule has 0 aliphatic heterocycles. The average Bonchev–Trinajstić information content (AvgIpc) is 3.79. The fraction of sp³-hybridized carbons (Fsp3) is 0. The maximum Gasteiger partial charge on any atom is 0.164 e. The maximum atomic E-state index is 4.95. The van der Waals surface area contributed by atoms with Crippen LogP contribution in [0.15, 0.2) is 194 Å². The molecular formula is C50H32N6. The Morgan fingerprint density at radius 1 is 0.304 bits per heavy atom. The SMILES string of the molecule is c1ccc(-c2nc(-c3ccccc3)nc(-c3ccc(-n4c5ccccc5c5cc(-c6ccc7c8cccnc8n(-c8ccccc8)c7c6)ccc54)cc3)n2)cc1. The summed E-state index contributed by atoms with van der Waals surface area (Å²) in [6.45, 7) is 0. The third kappa shape index (κ3) is 5.27. The van der Waals surface area contributed by atoms with Gasteiger partial charge in [0.1, 0.15) is 5.65 Å². The number of nitrogens with zero attached hydrogens (tertiary/aromatic N) is 6. The van der Waals surface area contributed by atoms with Gasteiger partial charge in [0.25, 0.3) is 0 Å². The summed E-state index contributed by atoms with van der Waals surface area (Å²) in [5.74, 6) is 1.93. The first-order chi connectivity index (χ1) is 27.8. The van der Waals surface area contributed by atoms with Crippen molar-refractivity contribution in [3.63, 3.8) is 0 Å². The van der Waals surface area contributed by atoms with E-state index in [1.807, 2.05) is 72.9 Å². The molecular weight excluding hydrogens is 685 g/mol. The molecule has 0 spiro atoms. The van der Waals surface area contributed by atoms with Crippen molar-refractivity contribution in [3.8, 4) is 56.7 Å². The maximum absolute atomic E-state index is 4.95. The highest BCUT2D eigenvalue weighted by molar-refractivity contribution is 6.12. The average molecular weight is 717 g/mol. The Labute approximate surface area is 322 Å². The lowest BCUT2D eigenvalue weighted by Crippen LogP contribution is -2.00. The van der Waals surface area contributed by atoms with Crippen LogP contribution in [0, 0.1) is 0 Å². The third-order valence-electron chi connectivity index (χ3n) is 10.6. The number of rotatable bonds is 6. The van der Waals surface area contributed by atoms with Crippen molar-refractivity contribution in [1.29, 1.82) is 0 Å². The van der Waals surface area contributed by atoms with Gasteiger partial charge in [-0.1, -0.05) is 115 Å². The van der Waals surface area contributed by atoms with Crippen molar-refractivity contribution >= 4 is 43.7 Å². The van der Waals surface area contributed by atoms with E-state index in [2.05, 4.69) is 130 Å². The molecule has 0 saturated heterocycles. The Morgan fingerprint density at radius 2 is 0.804 bits per heavy atom. The normalized spacial score (nSPS) is 11.6. The molecule has 0 atom stereocenters. The highest BCUT2D eigenvalue weighted by atomic mass is 15.0. The molecule has 6 heteroatoms. The summed E-state index contributed by atoms with van der Waals surface area (Å²) in [6.07, 6.45) is 1.87. The molecule has 0 bridgehead atoms. The smallest absolute Gasteiger partial charge is 0.164 e. The van der Waals surface area contributed by atoms with Crippen LogP contribution in [-0.4, -0.2) is 29.1 Å². The topological polar surface area (TPSA) is 61.4 Å². The van der Waals surface area contributed by atoms with E-state index in [4.69, 9.17) is 19.9 Å². The molecule has 11 rings (SSSR count). The lowest BCUT2D eigenvalue weighted by molar-refractivity contribution is 1.07. The van der Waals surface area contributed by atoms with Gasteiger partial charge in [0.15, 0.2) is 17.5 Å². The van der Waals surface area contributed by atoms with Crippen molar-refractivity contribution in [2.75, 3.05) is 0 Å². The zero-order chi connectivity index (χ0) is 37.0. The van der Waals surface area contributed by atoms with Crippen molar-refractivity contribution in [2.45, 2.75) is 0 Å². The van der Waals surface area contributed by atoms with Crippen LogP contribution in [0.4, 0.5) is 0 Å². The summed E-state index contributed by atoms with van der Waals surface area (Å²) in [5.41, 5.74) is 11.7. The third-order valence-corrected chi connectivity index (χ3v) is 10.6. The van der Waals surface area contributed by atoms with Gasteiger partial charge in [-0.15, -0.1) is 0 Å². The fourth-order valence-electron chi connectivity index (χ4n) is 7.99. The van der Waals surface area contributed by atoms with Gasteiger partial charge in [-0.2, -0.15) is 0 Å². The minimum atomic E-state index is 0.634. The fourth-order valence-corrected chi connectivity index (χ4v) is 7.99. The molecule has 4 aromatic heterocycles. The highest BCUT2D eigenvalue weighted by Gasteiger charge is 2.17. The predicted molar refractivity (Wildman–Crippen MR) is 228 cm³/mol. The Bertz CT molecular complexity index is 3160. The van der Waals surface area contributed by atoms with Crippen molar-refractivity contribution in [1.82, 2.24) is 29.1 Å². The summed E-state index contributed by atoms with van der Waals surface area (Å²) in [6, 6.07) is 65.6. The lowest BCUT2D eigenvalue weighted by Gasteiger charge is -2.11. The van der Waals surface area contributed by atoms with E-state index in [-0.39, 0.29) is 0 Å². The van der Waals surface area contributed by atoms with Crippen molar-refractivity contribution in [2.24, 2.45) is 0 Å². The van der Waals surface area contributed by atoms with E-state index >= 15 is 0 Å². The first-order valence-electron chi connectivity index (χ1n) is 18.7. The number of hydrogen-bond acceptors (Lipinski definition) is 4. The molecule has 6 nitrogen and oxygen atoms in total. The summed E-state index contributed by atoms with van der Waals surface area (Å²) in [7, 11) is 0. The van der Waals surface area contributed by atoms with E-state index < -0.39 is 0 Å². The van der Waals surface area contributed by atoms with Crippen LogP contribution in [0.5, 0.6) is 0 Å². The molecule has 0 N–H and O–H groups in total. The number of fused-ring (bicyclic) bond motifs is 6. The number of benzene rings is 7. The van der Waals surface area contributed by atoms with Crippen LogP contribution in [0.25, 0.3) is 100 Å². The van der Waals surface area contributed by atoms with Crippen LogP contribution >= 0.6 is 0 Å². The molecule has 56 heavy (non-hydrogen) atoms. The largest absolute Gasteiger partial charge is 0.309 e. The second-order valence-electron chi connectivity index (χ2n) is 13.9. The number of hydrogen-bond donors (Lipinski definition) is 0.